The van der Waals surface area contributed by atoms with Crippen LogP contribution in [0.15, 0.2) is 0 Å². The van der Waals surface area contributed by atoms with Gasteiger partial charge in [-0.2, -0.15) is 0 Å². The summed E-state index contributed by atoms with van der Waals surface area (Å²) < 4.78 is 5.82. The Bertz CT molecular complexity index is 199. The summed E-state index contributed by atoms with van der Waals surface area (Å²) in [6.07, 6.45) is 3.96. The summed E-state index contributed by atoms with van der Waals surface area (Å²) in [6, 6.07) is 0.307. The average Bonchev–Trinajstić information content (AvgIpc) is 2.17. The maximum atomic E-state index is 10.9. The SMILES string of the molecule is CCC1(CC)CC(NC(C)=O)CCO1. The second-order valence-electron chi connectivity index (χ2n) is 4.13. The first-order valence-corrected chi connectivity index (χ1v) is 5.53. The van der Waals surface area contributed by atoms with E-state index in [-0.39, 0.29) is 11.5 Å². The first-order chi connectivity index (χ1) is 6.62. The molecule has 0 aromatic carbocycles. The molecule has 0 aliphatic carbocycles. The third-order valence-corrected chi connectivity index (χ3v) is 3.19. The van der Waals surface area contributed by atoms with E-state index >= 15 is 0 Å². The zero-order valence-electron chi connectivity index (χ0n) is 9.43. The number of rotatable bonds is 3. The highest BCUT2D eigenvalue weighted by atomic mass is 16.5. The van der Waals surface area contributed by atoms with Crippen molar-refractivity contribution in [1.29, 1.82) is 0 Å². The molecule has 0 saturated carbocycles. The van der Waals surface area contributed by atoms with Gasteiger partial charge in [0.15, 0.2) is 0 Å². The molecule has 0 spiro atoms. The smallest absolute Gasteiger partial charge is 0.217 e. The number of carbonyl (C=O) groups is 1. The molecule has 0 aromatic heterocycles. The van der Waals surface area contributed by atoms with Gasteiger partial charge in [-0.25, -0.2) is 0 Å². The van der Waals surface area contributed by atoms with Crippen LogP contribution in [0.25, 0.3) is 0 Å². The summed E-state index contributed by atoms with van der Waals surface area (Å²) in [7, 11) is 0. The van der Waals surface area contributed by atoms with Crippen LogP contribution in [0.5, 0.6) is 0 Å². The van der Waals surface area contributed by atoms with Gasteiger partial charge in [-0.05, 0) is 25.7 Å². The van der Waals surface area contributed by atoms with E-state index in [4.69, 9.17) is 4.74 Å². The molecule has 14 heavy (non-hydrogen) atoms. The van der Waals surface area contributed by atoms with Crippen molar-refractivity contribution < 1.29 is 9.53 Å². The number of hydrogen-bond donors (Lipinski definition) is 1. The van der Waals surface area contributed by atoms with E-state index < -0.39 is 0 Å². The molecule has 1 heterocycles. The monoisotopic (exact) mass is 199 g/mol. The molecule has 82 valence electrons. The molecule has 1 unspecified atom stereocenters. The molecule has 1 aliphatic heterocycles. The highest BCUT2D eigenvalue weighted by Crippen LogP contribution is 2.31. The van der Waals surface area contributed by atoms with Gasteiger partial charge in [0.25, 0.3) is 0 Å². The normalized spacial score (nSPS) is 25.8. The molecule has 0 radical (unpaired) electrons. The lowest BCUT2D eigenvalue weighted by atomic mass is 9.86. The van der Waals surface area contributed by atoms with Gasteiger partial charge in [0.1, 0.15) is 0 Å². The molecule has 1 amide bonds. The lowest BCUT2D eigenvalue weighted by Crippen LogP contribution is -2.47. The number of amides is 1. The van der Waals surface area contributed by atoms with E-state index in [2.05, 4.69) is 19.2 Å². The van der Waals surface area contributed by atoms with E-state index in [1.165, 1.54) is 0 Å². The standard InChI is InChI=1S/C11H21NO2/c1-4-11(5-2)8-10(6-7-14-11)12-9(3)13/h10H,4-8H2,1-3H3,(H,12,13). The molecule has 1 saturated heterocycles. The summed E-state index contributed by atoms with van der Waals surface area (Å²) in [5.41, 5.74) is 0.00532. The predicted molar refractivity (Wildman–Crippen MR) is 56.1 cm³/mol. The third-order valence-electron chi connectivity index (χ3n) is 3.19. The minimum Gasteiger partial charge on any atom is -0.375 e. The maximum absolute atomic E-state index is 10.9. The second kappa shape index (κ2) is 4.78. The lowest BCUT2D eigenvalue weighted by molar-refractivity contribution is -0.124. The fourth-order valence-electron chi connectivity index (χ4n) is 2.18. The Hall–Kier alpha value is -0.570. The summed E-state index contributed by atoms with van der Waals surface area (Å²) in [5.74, 6) is 0.0676. The van der Waals surface area contributed by atoms with Crippen molar-refractivity contribution >= 4 is 5.91 Å². The third kappa shape index (κ3) is 2.71. The zero-order valence-corrected chi connectivity index (χ0v) is 9.43. The fraction of sp³-hybridized carbons (Fsp3) is 0.909. The number of hydrogen-bond acceptors (Lipinski definition) is 2. The van der Waals surface area contributed by atoms with Gasteiger partial charge in [-0.1, -0.05) is 13.8 Å². The van der Waals surface area contributed by atoms with Crippen LogP contribution in [0.3, 0.4) is 0 Å². The number of carbonyl (C=O) groups excluding carboxylic acids is 1. The van der Waals surface area contributed by atoms with Gasteiger partial charge < -0.3 is 10.1 Å². The van der Waals surface area contributed by atoms with Crippen molar-refractivity contribution in [3.05, 3.63) is 0 Å². The Morgan fingerprint density at radius 1 is 1.50 bits per heavy atom. The molecule has 3 heteroatoms. The lowest BCUT2D eigenvalue weighted by Gasteiger charge is -2.40. The highest BCUT2D eigenvalue weighted by molar-refractivity contribution is 5.73. The highest BCUT2D eigenvalue weighted by Gasteiger charge is 2.34. The van der Waals surface area contributed by atoms with E-state index in [0.717, 1.165) is 32.3 Å². The van der Waals surface area contributed by atoms with Gasteiger partial charge in [0.2, 0.25) is 5.91 Å². The van der Waals surface area contributed by atoms with Crippen LogP contribution in [0.4, 0.5) is 0 Å². The van der Waals surface area contributed by atoms with Gasteiger partial charge >= 0.3 is 0 Å². The summed E-state index contributed by atoms with van der Waals surface area (Å²) in [6.45, 7) is 6.65. The molecular weight excluding hydrogens is 178 g/mol. The minimum atomic E-state index is 0.00532. The first-order valence-electron chi connectivity index (χ1n) is 5.53. The topological polar surface area (TPSA) is 38.3 Å². The largest absolute Gasteiger partial charge is 0.375 e. The van der Waals surface area contributed by atoms with Crippen LogP contribution in [-0.4, -0.2) is 24.2 Å². The second-order valence-corrected chi connectivity index (χ2v) is 4.13. The Labute approximate surface area is 86.2 Å². The molecule has 1 rings (SSSR count). The fourth-order valence-corrected chi connectivity index (χ4v) is 2.18. The van der Waals surface area contributed by atoms with Crippen LogP contribution in [0.2, 0.25) is 0 Å². The van der Waals surface area contributed by atoms with E-state index in [9.17, 15) is 4.79 Å². The summed E-state index contributed by atoms with van der Waals surface area (Å²) in [5, 5.41) is 2.99. The Kier molecular flexibility index (Phi) is 3.93. The van der Waals surface area contributed by atoms with Gasteiger partial charge in [0.05, 0.1) is 5.60 Å². The van der Waals surface area contributed by atoms with Crippen LogP contribution < -0.4 is 5.32 Å². The summed E-state index contributed by atoms with van der Waals surface area (Å²) >= 11 is 0. The van der Waals surface area contributed by atoms with Crippen molar-refractivity contribution in [1.82, 2.24) is 5.32 Å². The molecule has 1 atom stereocenters. The Morgan fingerprint density at radius 3 is 2.64 bits per heavy atom. The number of ether oxygens (including phenoxy) is 1. The quantitative estimate of drug-likeness (QED) is 0.753. The van der Waals surface area contributed by atoms with E-state index in [0.29, 0.717) is 6.04 Å². The Morgan fingerprint density at radius 2 is 2.14 bits per heavy atom. The molecule has 3 nitrogen and oxygen atoms in total. The van der Waals surface area contributed by atoms with Crippen LogP contribution in [-0.2, 0) is 9.53 Å². The Balaban J connectivity index is 2.53. The van der Waals surface area contributed by atoms with Crippen LogP contribution in [0, 0.1) is 0 Å². The van der Waals surface area contributed by atoms with Crippen molar-refractivity contribution in [2.24, 2.45) is 0 Å². The van der Waals surface area contributed by atoms with E-state index in [1.807, 2.05) is 0 Å². The average molecular weight is 199 g/mol. The van der Waals surface area contributed by atoms with Gasteiger partial charge in [-0.3, -0.25) is 4.79 Å². The van der Waals surface area contributed by atoms with E-state index in [1.54, 1.807) is 6.92 Å². The summed E-state index contributed by atoms with van der Waals surface area (Å²) in [4.78, 5) is 10.9. The zero-order chi connectivity index (χ0) is 10.6. The maximum Gasteiger partial charge on any atom is 0.217 e. The molecule has 0 bridgehead atoms. The van der Waals surface area contributed by atoms with Gasteiger partial charge in [0, 0.05) is 19.6 Å². The molecule has 1 N–H and O–H groups in total. The van der Waals surface area contributed by atoms with Crippen molar-refractivity contribution in [2.75, 3.05) is 6.61 Å². The molecule has 0 aromatic rings. The van der Waals surface area contributed by atoms with Crippen LogP contribution in [0.1, 0.15) is 46.5 Å². The molecular formula is C11H21NO2. The van der Waals surface area contributed by atoms with Crippen LogP contribution >= 0.6 is 0 Å². The van der Waals surface area contributed by atoms with Crippen molar-refractivity contribution in [3.8, 4) is 0 Å². The number of nitrogens with one attached hydrogen (secondary N) is 1. The minimum absolute atomic E-state index is 0.00532. The first kappa shape index (κ1) is 11.5. The van der Waals surface area contributed by atoms with Crippen molar-refractivity contribution in [2.45, 2.75) is 58.1 Å². The van der Waals surface area contributed by atoms with Gasteiger partial charge in [-0.15, -0.1) is 0 Å². The molecule has 1 fully saturated rings. The van der Waals surface area contributed by atoms with Crippen molar-refractivity contribution in [3.63, 3.8) is 0 Å². The molecule has 1 aliphatic rings. The predicted octanol–water partition coefficient (Wildman–Crippen LogP) is 1.86.